The lowest BCUT2D eigenvalue weighted by Crippen LogP contribution is -2.22. The number of rotatable bonds is 3. The predicted molar refractivity (Wildman–Crippen MR) is 77.1 cm³/mol. The summed E-state index contributed by atoms with van der Waals surface area (Å²) in [6, 6.07) is 5.80. The number of hydrogen-bond donors (Lipinski definition) is 1. The summed E-state index contributed by atoms with van der Waals surface area (Å²) in [5, 5.41) is 3.42. The number of nitrogens with one attached hydrogen (secondary N) is 1. The molecule has 3 nitrogen and oxygen atoms in total. The van der Waals surface area contributed by atoms with Crippen LogP contribution in [0.5, 0.6) is 0 Å². The van der Waals surface area contributed by atoms with Crippen LogP contribution in [0.15, 0.2) is 18.2 Å². The number of aryl methyl sites for hydroxylation is 1. The van der Waals surface area contributed by atoms with E-state index in [1.165, 1.54) is 0 Å². The fourth-order valence-corrected chi connectivity index (χ4v) is 1.56. The number of carbonyl (C=O) groups is 1. The van der Waals surface area contributed by atoms with Gasteiger partial charge in [0.15, 0.2) is 0 Å². The molecule has 0 atom stereocenters. The Morgan fingerprint density at radius 1 is 1.28 bits per heavy atom. The lowest BCUT2D eigenvalue weighted by molar-refractivity contribution is 0.0827. The fraction of sp³-hybridized carbons (Fsp3) is 0.533. The zero-order valence-corrected chi connectivity index (χ0v) is 12.3. The van der Waals surface area contributed by atoms with Gasteiger partial charge in [-0.25, -0.2) is 0 Å². The van der Waals surface area contributed by atoms with Crippen molar-refractivity contribution in [2.45, 2.75) is 27.7 Å². The monoisotopic (exact) mass is 248 g/mol. The Kier molecular flexibility index (Phi) is 4.38. The summed E-state index contributed by atoms with van der Waals surface area (Å²) in [6.45, 7) is 9.49. The molecule has 0 bridgehead atoms. The summed E-state index contributed by atoms with van der Waals surface area (Å²) in [4.78, 5) is 13.5. The molecule has 0 aliphatic carbocycles. The molecule has 0 aromatic heterocycles. The van der Waals surface area contributed by atoms with Crippen LogP contribution in [0.3, 0.4) is 0 Å². The van der Waals surface area contributed by atoms with Gasteiger partial charge in [-0.15, -0.1) is 0 Å². The molecule has 3 heteroatoms. The number of nitrogens with zero attached hydrogens (tertiary/aromatic N) is 1. The van der Waals surface area contributed by atoms with Crippen LogP contribution in [0.2, 0.25) is 0 Å². The highest BCUT2D eigenvalue weighted by Gasteiger charge is 2.13. The van der Waals surface area contributed by atoms with Crippen molar-refractivity contribution < 1.29 is 4.79 Å². The molecule has 0 radical (unpaired) electrons. The van der Waals surface area contributed by atoms with Crippen molar-refractivity contribution in [1.29, 1.82) is 0 Å². The summed E-state index contributed by atoms with van der Waals surface area (Å²) >= 11 is 0. The van der Waals surface area contributed by atoms with Gasteiger partial charge in [0, 0.05) is 31.9 Å². The molecule has 0 aliphatic heterocycles. The second-order valence-electron chi connectivity index (χ2n) is 6.14. The molecule has 100 valence electrons. The maximum Gasteiger partial charge on any atom is 0.253 e. The highest BCUT2D eigenvalue weighted by Crippen LogP contribution is 2.20. The van der Waals surface area contributed by atoms with Gasteiger partial charge in [0.05, 0.1) is 0 Å². The Labute approximate surface area is 110 Å². The van der Waals surface area contributed by atoms with Gasteiger partial charge in [-0.05, 0) is 30.0 Å². The van der Waals surface area contributed by atoms with E-state index in [-0.39, 0.29) is 11.3 Å². The van der Waals surface area contributed by atoms with Crippen LogP contribution < -0.4 is 5.32 Å². The molecule has 1 N–H and O–H groups in total. The fourth-order valence-electron chi connectivity index (χ4n) is 1.56. The normalized spacial score (nSPS) is 11.2. The third-order valence-corrected chi connectivity index (χ3v) is 2.70. The smallest absolute Gasteiger partial charge is 0.253 e. The van der Waals surface area contributed by atoms with Crippen LogP contribution in [0.4, 0.5) is 5.69 Å². The summed E-state index contributed by atoms with van der Waals surface area (Å²) in [5.74, 6) is 0.0359. The van der Waals surface area contributed by atoms with Crippen LogP contribution in [0, 0.1) is 12.3 Å². The Morgan fingerprint density at radius 3 is 2.39 bits per heavy atom. The van der Waals surface area contributed by atoms with Crippen LogP contribution in [0.25, 0.3) is 0 Å². The van der Waals surface area contributed by atoms with Crippen molar-refractivity contribution in [3.8, 4) is 0 Å². The topological polar surface area (TPSA) is 32.3 Å². The summed E-state index contributed by atoms with van der Waals surface area (Å²) in [5.41, 5.74) is 3.14. The quantitative estimate of drug-likeness (QED) is 0.891. The molecule has 0 fully saturated rings. The lowest BCUT2D eigenvalue weighted by atomic mass is 9.96. The number of hydrogen-bond acceptors (Lipinski definition) is 2. The summed E-state index contributed by atoms with van der Waals surface area (Å²) in [6.07, 6.45) is 0. The van der Waals surface area contributed by atoms with Gasteiger partial charge in [-0.2, -0.15) is 0 Å². The van der Waals surface area contributed by atoms with E-state index in [1.807, 2.05) is 18.2 Å². The van der Waals surface area contributed by atoms with E-state index in [1.54, 1.807) is 19.0 Å². The number of anilines is 1. The molecule has 18 heavy (non-hydrogen) atoms. The van der Waals surface area contributed by atoms with Gasteiger partial charge in [0.1, 0.15) is 0 Å². The highest BCUT2D eigenvalue weighted by molar-refractivity contribution is 5.95. The average molecular weight is 248 g/mol. The standard InChI is InChI=1S/C15H24N2O/c1-11-7-8-12(14(18)17(5)6)9-13(11)16-10-15(2,3)4/h7-9,16H,10H2,1-6H3. The lowest BCUT2D eigenvalue weighted by Gasteiger charge is -2.21. The molecule has 1 aromatic rings. The maximum atomic E-state index is 11.9. The minimum Gasteiger partial charge on any atom is -0.384 e. The molecular formula is C15H24N2O. The van der Waals surface area contributed by atoms with E-state index in [9.17, 15) is 4.79 Å². The second kappa shape index (κ2) is 5.42. The van der Waals surface area contributed by atoms with E-state index in [0.717, 1.165) is 23.4 Å². The first-order valence-corrected chi connectivity index (χ1v) is 6.27. The van der Waals surface area contributed by atoms with Crippen molar-refractivity contribution in [3.05, 3.63) is 29.3 Å². The van der Waals surface area contributed by atoms with Crippen LogP contribution in [-0.4, -0.2) is 31.4 Å². The minimum atomic E-state index is 0.0359. The van der Waals surface area contributed by atoms with E-state index < -0.39 is 0 Å². The van der Waals surface area contributed by atoms with Crippen LogP contribution in [0.1, 0.15) is 36.7 Å². The molecule has 0 heterocycles. The molecule has 1 amide bonds. The second-order valence-corrected chi connectivity index (χ2v) is 6.14. The minimum absolute atomic E-state index is 0.0359. The van der Waals surface area contributed by atoms with Crippen molar-refractivity contribution in [2.75, 3.05) is 26.0 Å². The average Bonchev–Trinajstić information content (AvgIpc) is 2.25. The SMILES string of the molecule is Cc1ccc(C(=O)N(C)C)cc1NCC(C)(C)C. The third kappa shape index (κ3) is 4.06. The molecule has 0 spiro atoms. The first-order chi connectivity index (χ1) is 8.20. The van der Waals surface area contributed by atoms with Crippen molar-refractivity contribution in [1.82, 2.24) is 4.90 Å². The summed E-state index contributed by atoms with van der Waals surface area (Å²) < 4.78 is 0. The van der Waals surface area contributed by atoms with Gasteiger partial charge >= 0.3 is 0 Å². The van der Waals surface area contributed by atoms with Crippen molar-refractivity contribution in [2.24, 2.45) is 5.41 Å². The van der Waals surface area contributed by atoms with Crippen LogP contribution in [-0.2, 0) is 0 Å². The van der Waals surface area contributed by atoms with Gasteiger partial charge in [0.25, 0.3) is 5.91 Å². The van der Waals surface area contributed by atoms with Gasteiger partial charge in [-0.1, -0.05) is 26.8 Å². The largest absolute Gasteiger partial charge is 0.384 e. The first kappa shape index (κ1) is 14.6. The Morgan fingerprint density at radius 2 is 1.89 bits per heavy atom. The number of carbonyl (C=O) groups excluding carboxylic acids is 1. The Hall–Kier alpha value is -1.51. The molecule has 1 aromatic carbocycles. The molecule has 0 saturated heterocycles. The van der Waals surface area contributed by atoms with E-state index in [2.05, 4.69) is 33.0 Å². The Balaban J connectivity index is 2.91. The van der Waals surface area contributed by atoms with E-state index >= 15 is 0 Å². The molecule has 0 saturated carbocycles. The third-order valence-electron chi connectivity index (χ3n) is 2.70. The van der Waals surface area contributed by atoms with Gasteiger partial charge < -0.3 is 10.2 Å². The van der Waals surface area contributed by atoms with Crippen molar-refractivity contribution in [3.63, 3.8) is 0 Å². The zero-order chi connectivity index (χ0) is 13.9. The zero-order valence-electron chi connectivity index (χ0n) is 12.3. The highest BCUT2D eigenvalue weighted by atomic mass is 16.2. The van der Waals surface area contributed by atoms with Gasteiger partial charge in [-0.3, -0.25) is 4.79 Å². The number of amides is 1. The maximum absolute atomic E-state index is 11.9. The number of benzene rings is 1. The van der Waals surface area contributed by atoms with E-state index in [0.29, 0.717) is 0 Å². The molecule has 0 unspecified atom stereocenters. The summed E-state index contributed by atoms with van der Waals surface area (Å²) in [7, 11) is 3.54. The molecule has 0 aliphatic rings. The van der Waals surface area contributed by atoms with Crippen LogP contribution >= 0.6 is 0 Å². The molecular weight excluding hydrogens is 224 g/mol. The molecule has 1 rings (SSSR count). The first-order valence-electron chi connectivity index (χ1n) is 6.27. The Bertz CT molecular complexity index is 431. The van der Waals surface area contributed by atoms with Crippen molar-refractivity contribution >= 4 is 11.6 Å². The van der Waals surface area contributed by atoms with E-state index in [4.69, 9.17) is 0 Å². The van der Waals surface area contributed by atoms with Gasteiger partial charge in [0.2, 0.25) is 0 Å². The predicted octanol–water partition coefficient (Wildman–Crippen LogP) is 3.15.